The average molecular weight is 202 g/mol. The minimum absolute atomic E-state index is 0.0236. The zero-order chi connectivity index (χ0) is 11.6. The van der Waals surface area contributed by atoms with E-state index in [1.54, 1.807) is 6.92 Å². The van der Waals surface area contributed by atoms with Crippen LogP contribution in [0.5, 0.6) is 0 Å². The standard InChI is InChI=1S/C14H18O/c1-10(2)13(15)11-6-8-12(9-7-11)14(3,4)5/h6-9H,1H2,2-5H3. The van der Waals surface area contributed by atoms with E-state index in [0.29, 0.717) is 5.57 Å². The van der Waals surface area contributed by atoms with Gasteiger partial charge in [0.25, 0.3) is 0 Å². The quantitative estimate of drug-likeness (QED) is 0.527. The third-order valence-electron chi connectivity index (χ3n) is 2.40. The molecule has 0 aliphatic heterocycles. The van der Waals surface area contributed by atoms with Crippen LogP contribution in [0.25, 0.3) is 0 Å². The van der Waals surface area contributed by atoms with Crippen LogP contribution < -0.4 is 0 Å². The van der Waals surface area contributed by atoms with E-state index >= 15 is 0 Å². The lowest BCUT2D eigenvalue weighted by atomic mass is 9.86. The topological polar surface area (TPSA) is 17.1 Å². The molecule has 80 valence electrons. The molecule has 0 atom stereocenters. The maximum absolute atomic E-state index is 11.6. The summed E-state index contributed by atoms with van der Waals surface area (Å²) in [4.78, 5) is 11.6. The highest BCUT2D eigenvalue weighted by atomic mass is 16.1. The maximum Gasteiger partial charge on any atom is 0.188 e. The predicted octanol–water partition coefficient (Wildman–Crippen LogP) is 3.74. The fraction of sp³-hybridized carbons (Fsp3) is 0.357. The third-order valence-corrected chi connectivity index (χ3v) is 2.40. The van der Waals surface area contributed by atoms with Gasteiger partial charge in [-0.05, 0) is 23.5 Å². The van der Waals surface area contributed by atoms with Crippen molar-refractivity contribution in [2.45, 2.75) is 33.1 Å². The lowest BCUT2D eigenvalue weighted by molar-refractivity contribution is 0.103. The summed E-state index contributed by atoms with van der Waals surface area (Å²) in [5, 5.41) is 0. The first kappa shape index (κ1) is 11.7. The fourth-order valence-electron chi connectivity index (χ4n) is 1.37. The Morgan fingerprint density at radius 2 is 1.60 bits per heavy atom. The zero-order valence-corrected chi connectivity index (χ0v) is 9.92. The van der Waals surface area contributed by atoms with Crippen molar-refractivity contribution >= 4 is 5.78 Å². The van der Waals surface area contributed by atoms with Crippen LogP contribution in [-0.4, -0.2) is 5.78 Å². The number of ketones is 1. The molecule has 0 radical (unpaired) electrons. The van der Waals surface area contributed by atoms with Gasteiger partial charge in [0.2, 0.25) is 0 Å². The molecule has 0 spiro atoms. The van der Waals surface area contributed by atoms with Gasteiger partial charge in [0.05, 0.1) is 0 Å². The number of carbonyl (C=O) groups excluding carboxylic acids is 1. The van der Waals surface area contributed by atoms with Crippen LogP contribution in [0.4, 0.5) is 0 Å². The van der Waals surface area contributed by atoms with Crippen molar-refractivity contribution in [1.29, 1.82) is 0 Å². The summed E-state index contributed by atoms with van der Waals surface area (Å²) in [6.07, 6.45) is 0. The molecular formula is C14H18O. The molecule has 0 aromatic heterocycles. The summed E-state index contributed by atoms with van der Waals surface area (Å²) in [6, 6.07) is 7.77. The van der Waals surface area contributed by atoms with Crippen molar-refractivity contribution in [3.05, 3.63) is 47.5 Å². The molecule has 0 unspecified atom stereocenters. The van der Waals surface area contributed by atoms with Crippen molar-refractivity contribution in [2.24, 2.45) is 0 Å². The van der Waals surface area contributed by atoms with Gasteiger partial charge in [0, 0.05) is 5.56 Å². The van der Waals surface area contributed by atoms with Crippen LogP contribution in [0.2, 0.25) is 0 Å². The second-order valence-electron chi connectivity index (χ2n) is 4.94. The minimum atomic E-state index is 0.0236. The molecule has 0 saturated carbocycles. The Labute approximate surface area is 91.8 Å². The largest absolute Gasteiger partial charge is 0.289 e. The van der Waals surface area contributed by atoms with Crippen molar-refractivity contribution < 1.29 is 4.79 Å². The Hall–Kier alpha value is -1.37. The molecule has 1 heteroatoms. The van der Waals surface area contributed by atoms with Gasteiger partial charge in [-0.25, -0.2) is 0 Å². The van der Waals surface area contributed by atoms with Crippen LogP contribution in [0.3, 0.4) is 0 Å². The number of carbonyl (C=O) groups is 1. The lowest BCUT2D eigenvalue weighted by Gasteiger charge is -2.18. The second kappa shape index (κ2) is 4.01. The van der Waals surface area contributed by atoms with Gasteiger partial charge >= 0.3 is 0 Å². The molecule has 1 nitrogen and oxygen atoms in total. The lowest BCUT2D eigenvalue weighted by Crippen LogP contribution is -2.11. The molecular weight excluding hydrogens is 184 g/mol. The van der Waals surface area contributed by atoms with Crippen molar-refractivity contribution in [3.8, 4) is 0 Å². The average Bonchev–Trinajstić information content (AvgIpc) is 2.15. The molecule has 1 aromatic rings. The number of hydrogen-bond donors (Lipinski definition) is 0. The van der Waals surface area contributed by atoms with E-state index in [9.17, 15) is 4.79 Å². The van der Waals surface area contributed by atoms with Crippen molar-refractivity contribution in [2.75, 3.05) is 0 Å². The first-order chi connectivity index (χ1) is 6.82. The van der Waals surface area contributed by atoms with E-state index in [2.05, 4.69) is 27.4 Å². The first-order valence-corrected chi connectivity index (χ1v) is 5.13. The fourth-order valence-corrected chi connectivity index (χ4v) is 1.37. The Bertz CT molecular complexity index is 377. The highest BCUT2D eigenvalue weighted by Gasteiger charge is 2.14. The first-order valence-electron chi connectivity index (χ1n) is 5.13. The van der Waals surface area contributed by atoms with Crippen molar-refractivity contribution in [3.63, 3.8) is 0 Å². The highest BCUT2D eigenvalue weighted by Crippen LogP contribution is 2.22. The molecule has 0 N–H and O–H groups in total. The molecule has 1 rings (SSSR count). The van der Waals surface area contributed by atoms with Gasteiger partial charge in [0.1, 0.15) is 0 Å². The molecule has 0 bridgehead atoms. The molecule has 1 aromatic carbocycles. The highest BCUT2D eigenvalue weighted by molar-refractivity contribution is 6.07. The Morgan fingerprint density at radius 1 is 1.13 bits per heavy atom. The molecule has 0 aliphatic carbocycles. The maximum atomic E-state index is 11.6. The van der Waals surface area contributed by atoms with E-state index < -0.39 is 0 Å². The third kappa shape index (κ3) is 2.79. The summed E-state index contributed by atoms with van der Waals surface area (Å²) in [5.41, 5.74) is 2.67. The molecule has 15 heavy (non-hydrogen) atoms. The molecule has 0 heterocycles. The number of allylic oxidation sites excluding steroid dienone is 1. The normalized spacial score (nSPS) is 11.2. The second-order valence-corrected chi connectivity index (χ2v) is 4.94. The number of hydrogen-bond acceptors (Lipinski definition) is 1. The number of Topliss-reactive ketones (excluding diaryl/α,β-unsaturated/α-hetero) is 1. The zero-order valence-electron chi connectivity index (χ0n) is 9.92. The molecule has 0 amide bonds. The van der Waals surface area contributed by atoms with Gasteiger partial charge in [-0.2, -0.15) is 0 Å². The van der Waals surface area contributed by atoms with Crippen LogP contribution in [-0.2, 0) is 5.41 Å². The van der Waals surface area contributed by atoms with Gasteiger partial charge in [-0.3, -0.25) is 4.79 Å². The summed E-state index contributed by atoms with van der Waals surface area (Å²) < 4.78 is 0. The SMILES string of the molecule is C=C(C)C(=O)c1ccc(C(C)(C)C)cc1. The van der Waals surface area contributed by atoms with Gasteiger partial charge < -0.3 is 0 Å². The number of rotatable bonds is 2. The van der Waals surface area contributed by atoms with Gasteiger partial charge in [-0.1, -0.05) is 51.6 Å². The monoisotopic (exact) mass is 202 g/mol. The molecule has 0 fully saturated rings. The Balaban J connectivity index is 3.01. The minimum Gasteiger partial charge on any atom is -0.289 e. The summed E-state index contributed by atoms with van der Waals surface area (Å²) >= 11 is 0. The smallest absolute Gasteiger partial charge is 0.188 e. The van der Waals surface area contributed by atoms with Crippen LogP contribution in [0, 0.1) is 0 Å². The van der Waals surface area contributed by atoms with Crippen LogP contribution in [0.15, 0.2) is 36.4 Å². The van der Waals surface area contributed by atoms with E-state index in [0.717, 1.165) is 5.56 Å². The van der Waals surface area contributed by atoms with Crippen LogP contribution >= 0.6 is 0 Å². The molecule has 0 saturated heterocycles. The van der Waals surface area contributed by atoms with Gasteiger partial charge in [0.15, 0.2) is 5.78 Å². The Morgan fingerprint density at radius 3 is 1.93 bits per heavy atom. The number of benzene rings is 1. The van der Waals surface area contributed by atoms with Crippen molar-refractivity contribution in [1.82, 2.24) is 0 Å². The summed E-state index contributed by atoms with van der Waals surface area (Å²) in [5.74, 6) is 0.0236. The van der Waals surface area contributed by atoms with E-state index in [4.69, 9.17) is 0 Å². The predicted molar refractivity (Wildman–Crippen MR) is 64.3 cm³/mol. The van der Waals surface area contributed by atoms with E-state index in [1.807, 2.05) is 24.3 Å². The van der Waals surface area contributed by atoms with Gasteiger partial charge in [-0.15, -0.1) is 0 Å². The van der Waals surface area contributed by atoms with E-state index in [1.165, 1.54) is 5.56 Å². The Kier molecular flexibility index (Phi) is 3.13. The van der Waals surface area contributed by atoms with Crippen LogP contribution in [0.1, 0.15) is 43.6 Å². The molecule has 0 aliphatic rings. The van der Waals surface area contributed by atoms with E-state index in [-0.39, 0.29) is 11.2 Å². The summed E-state index contributed by atoms with van der Waals surface area (Å²) in [7, 11) is 0. The summed E-state index contributed by atoms with van der Waals surface area (Å²) in [6.45, 7) is 11.9.